The maximum atomic E-state index is 11.9. The van der Waals surface area contributed by atoms with Crippen LogP contribution in [0.2, 0.25) is 0 Å². The molecule has 0 rings (SSSR count). The van der Waals surface area contributed by atoms with Crippen molar-refractivity contribution in [2.45, 2.75) is 168 Å². The first-order valence-corrected chi connectivity index (χ1v) is 14.6. The lowest BCUT2D eigenvalue weighted by molar-refractivity contribution is -0.176. The molecule has 0 saturated carbocycles. The predicted octanol–water partition coefficient (Wildman–Crippen LogP) is 10.1. The molecule has 3 nitrogen and oxygen atoms in total. The van der Waals surface area contributed by atoms with Gasteiger partial charge in [-0.05, 0) is 19.8 Å². The molecule has 0 aliphatic carbocycles. The first-order chi connectivity index (χ1) is 16.1. The van der Waals surface area contributed by atoms with Crippen molar-refractivity contribution in [2.24, 2.45) is 0 Å². The molecule has 0 bridgehead atoms. The monoisotopic (exact) mass is 466 g/mol. The van der Waals surface area contributed by atoms with Gasteiger partial charge in [0.05, 0.1) is 6.61 Å². The Bertz CT molecular complexity index is 432. The second-order valence-electron chi connectivity index (χ2n) is 9.99. The van der Waals surface area contributed by atoms with Crippen LogP contribution in [0.25, 0.3) is 0 Å². The van der Waals surface area contributed by atoms with E-state index in [1.54, 1.807) is 6.92 Å². The number of ether oxygens (including phenoxy) is 2. The lowest BCUT2D eigenvalue weighted by Gasteiger charge is -2.18. The Balaban J connectivity index is 3.76. The molecular formula is C30H58O3. The number of hydrogen-bond acceptors (Lipinski definition) is 3. The van der Waals surface area contributed by atoms with Crippen LogP contribution in [0.5, 0.6) is 0 Å². The van der Waals surface area contributed by atoms with Crippen molar-refractivity contribution < 1.29 is 14.3 Å². The van der Waals surface area contributed by atoms with Crippen LogP contribution in [0.4, 0.5) is 0 Å². The van der Waals surface area contributed by atoms with Crippen molar-refractivity contribution in [3.05, 3.63) is 12.2 Å². The highest BCUT2D eigenvalue weighted by Gasteiger charge is 2.15. The van der Waals surface area contributed by atoms with Gasteiger partial charge in [-0.25, -0.2) is 4.79 Å². The quantitative estimate of drug-likeness (QED) is 0.0550. The van der Waals surface area contributed by atoms with Crippen molar-refractivity contribution in [3.8, 4) is 0 Å². The highest BCUT2D eigenvalue weighted by atomic mass is 16.7. The second kappa shape index (κ2) is 25.8. The molecule has 0 aliphatic rings. The van der Waals surface area contributed by atoms with Gasteiger partial charge in [-0.3, -0.25) is 0 Å². The smallest absolute Gasteiger partial charge is 0.335 e. The van der Waals surface area contributed by atoms with E-state index in [4.69, 9.17) is 9.47 Å². The summed E-state index contributed by atoms with van der Waals surface area (Å²) in [6.45, 7) is 10.6. The van der Waals surface area contributed by atoms with Crippen molar-refractivity contribution in [3.63, 3.8) is 0 Å². The molecule has 33 heavy (non-hydrogen) atoms. The fourth-order valence-electron chi connectivity index (χ4n) is 4.18. The summed E-state index contributed by atoms with van der Waals surface area (Å²) in [7, 11) is 0. The van der Waals surface area contributed by atoms with Crippen LogP contribution in [-0.2, 0) is 14.3 Å². The Kier molecular flexibility index (Phi) is 25.1. The Morgan fingerprint density at radius 1 is 0.606 bits per heavy atom. The van der Waals surface area contributed by atoms with Gasteiger partial charge in [0.2, 0.25) is 6.29 Å². The van der Waals surface area contributed by atoms with E-state index in [1.165, 1.54) is 122 Å². The average Bonchev–Trinajstić information content (AvgIpc) is 2.80. The molecule has 0 amide bonds. The molecule has 0 aromatic rings. The Morgan fingerprint density at radius 2 is 0.970 bits per heavy atom. The highest BCUT2D eigenvalue weighted by Crippen LogP contribution is 2.15. The predicted molar refractivity (Wildman–Crippen MR) is 144 cm³/mol. The van der Waals surface area contributed by atoms with Gasteiger partial charge in [0, 0.05) is 12.0 Å². The fraction of sp³-hybridized carbons (Fsp3) is 0.900. The molecule has 0 N–H and O–H groups in total. The van der Waals surface area contributed by atoms with Crippen molar-refractivity contribution in [1.82, 2.24) is 0 Å². The molecule has 0 spiro atoms. The summed E-state index contributed by atoms with van der Waals surface area (Å²) in [6.07, 6.45) is 28.0. The van der Waals surface area contributed by atoms with Crippen molar-refractivity contribution in [2.75, 3.05) is 6.61 Å². The van der Waals surface area contributed by atoms with E-state index in [1.807, 2.05) is 0 Å². The molecule has 196 valence electrons. The van der Waals surface area contributed by atoms with Crippen LogP contribution in [0.3, 0.4) is 0 Å². The number of hydrogen-bond donors (Lipinski definition) is 0. The highest BCUT2D eigenvalue weighted by molar-refractivity contribution is 5.86. The zero-order valence-electron chi connectivity index (χ0n) is 22.8. The largest absolute Gasteiger partial charge is 0.432 e. The number of carbonyl (C=O) groups is 1. The normalized spacial score (nSPS) is 12.1. The van der Waals surface area contributed by atoms with Gasteiger partial charge in [0.15, 0.2) is 0 Å². The van der Waals surface area contributed by atoms with Gasteiger partial charge >= 0.3 is 5.97 Å². The van der Waals surface area contributed by atoms with E-state index < -0.39 is 6.29 Å². The number of esters is 1. The number of rotatable bonds is 26. The lowest BCUT2D eigenvalue weighted by atomic mass is 10.1. The van der Waals surface area contributed by atoms with E-state index in [-0.39, 0.29) is 5.97 Å². The first kappa shape index (κ1) is 32.2. The zero-order chi connectivity index (χ0) is 24.4. The van der Waals surface area contributed by atoms with Crippen LogP contribution >= 0.6 is 0 Å². The number of unbranched alkanes of at least 4 members (excludes halogenated alkanes) is 19. The molecule has 0 fully saturated rings. The SMILES string of the molecule is C=C(C)C(=O)OC(CCCCCCCCCCC)OCCCCCCCCCCCCCC. The van der Waals surface area contributed by atoms with Crippen LogP contribution in [0.15, 0.2) is 12.2 Å². The summed E-state index contributed by atoms with van der Waals surface area (Å²) in [5.74, 6) is -0.328. The molecule has 0 radical (unpaired) electrons. The van der Waals surface area contributed by atoms with Gasteiger partial charge in [-0.2, -0.15) is 0 Å². The maximum Gasteiger partial charge on any atom is 0.335 e. The minimum Gasteiger partial charge on any atom is -0.432 e. The molecule has 0 aliphatic heterocycles. The van der Waals surface area contributed by atoms with Crippen LogP contribution in [-0.4, -0.2) is 18.9 Å². The third-order valence-electron chi connectivity index (χ3n) is 6.43. The van der Waals surface area contributed by atoms with E-state index in [2.05, 4.69) is 20.4 Å². The summed E-state index contributed by atoms with van der Waals surface area (Å²) >= 11 is 0. The Morgan fingerprint density at radius 3 is 1.36 bits per heavy atom. The van der Waals surface area contributed by atoms with Crippen molar-refractivity contribution in [1.29, 1.82) is 0 Å². The summed E-state index contributed by atoms with van der Waals surface area (Å²) in [6, 6.07) is 0. The fourth-order valence-corrected chi connectivity index (χ4v) is 4.18. The van der Waals surface area contributed by atoms with Gasteiger partial charge in [-0.15, -0.1) is 0 Å². The molecule has 0 aromatic heterocycles. The topological polar surface area (TPSA) is 35.5 Å². The van der Waals surface area contributed by atoms with Crippen LogP contribution in [0.1, 0.15) is 162 Å². The molecule has 0 aromatic carbocycles. The molecule has 0 saturated heterocycles. The third-order valence-corrected chi connectivity index (χ3v) is 6.43. The summed E-state index contributed by atoms with van der Waals surface area (Å²) < 4.78 is 11.5. The molecule has 0 heterocycles. The van der Waals surface area contributed by atoms with Gasteiger partial charge in [0.25, 0.3) is 0 Å². The van der Waals surface area contributed by atoms with Gasteiger partial charge in [0.1, 0.15) is 0 Å². The molecule has 1 atom stereocenters. The Hall–Kier alpha value is -0.830. The van der Waals surface area contributed by atoms with Gasteiger partial charge < -0.3 is 9.47 Å². The second-order valence-corrected chi connectivity index (χ2v) is 9.99. The minimum absolute atomic E-state index is 0.328. The zero-order valence-corrected chi connectivity index (χ0v) is 22.8. The minimum atomic E-state index is -0.411. The maximum absolute atomic E-state index is 11.9. The number of carbonyl (C=O) groups excluding carboxylic acids is 1. The summed E-state index contributed by atoms with van der Waals surface area (Å²) in [4.78, 5) is 11.9. The van der Waals surface area contributed by atoms with E-state index >= 15 is 0 Å². The Labute approximate surface area is 207 Å². The van der Waals surface area contributed by atoms with Crippen molar-refractivity contribution >= 4 is 5.97 Å². The van der Waals surface area contributed by atoms with E-state index in [0.717, 1.165) is 19.3 Å². The van der Waals surface area contributed by atoms with Crippen LogP contribution in [0, 0.1) is 0 Å². The molecular weight excluding hydrogens is 408 g/mol. The standard InChI is InChI=1S/C30H58O3/c1-5-7-9-11-13-15-16-17-19-21-23-25-27-32-29(33-30(31)28(3)4)26-24-22-20-18-14-12-10-8-6-2/h29H,3,5-27H2,1-2,4H3. The lowest BCUT2D eigenvalue weighted by Crippen LogP contribution is -2.22. The summed E-state index contributed by atoms with van der Waals surface area (Å²) in [5.41, 5.74) is 0.445. The van der Waals surface area contributed by atoms with E-state index in [9.17, 15) is 4.79 Å². The average molecular weight is 467 g/mol. The van der Waals surface area contributed by atoms with Crippen LogP contribution < -0.4 is 0 Å². The third kappa shape index (κ3) is 24.1. The van der Waals surface area contributed by atoms with Gasteiger partial charge in [-0.1, -0.05) is 142 Å². The van der Waals surface area contributed by atoms with E-state index in [0.29, 0.717) is 12.2 Å². The molecule has 3 heteroatoms. The summed E-state index contributed by atoms with van der Waals surface area (Å²) in [5, 5.41) is 0. The molecule has 1 unspecified atom stereocenters. The first-order valence-electron chi connectivity index (χ1n) is 14.6.